The first kappa shape index (κ1) is 12.8. The van der Waals surface area contributed by atoms with E-state index in [9.17, 15) is 10.1 Å². The third-order valence-electron chi connectivity index (χ3n) is 3.99. The van der Waals surface area contributed by atoms with Gasteiger partial charge >= 0.3 is 0 Å². The van der Waals surface area contributed by atoms with E-state index in [4.69, 9.17) is 0 Å². The molecular weight excluding hydrogens is 252 g/mol. The second kappa shape index (κ2) is 5.06. The molecule has 1 unspecified atom stereocenters. The molecule has 4 heteroatoms. The maximum Gasteiger partial charge on any atom is 0.270 e. The van der Waals surface area contributed by atoms with Crippen molar-refractivity contribution in [3.8, 4) is 11.1 Å². The molecule has 0 heterocycles. The second-order valence-corrected chi connectivity index (χ2v) is 5.06. The lowest BCUT2D eigenvalue weighted by atomic mass is 9.96. The molecule has 0 saturated heterocycles. The number of nitro benzene ring substituents is 1. The van der Waals surface area contributed by atoms with Gasteiger partial charge in [0, 0.05) is 18.2 Å². The van der Waals surface area contributed by atoms with Crippen LogP contribution in [0.4, 0.5) is 5.69 Å². The summed E-state index contributed by atoms with van der Waals surface area (Å²) in [5.74, 6) is 0. The van der Waals surface area contributed by atoms with Crippen LogP contribution in [0.25, 0.3) is 11.1 Å². The standard InChI is InChI=1S/C16H16N2O2/c1-17-16-9-8-14-13(6-3-7-15(14)16)11-4-2-5-12(10-11)18(19)20/h2-7,10,16-17H,8-9H2,1H3. The van der Waals surface area contributed by atoms with Crippen molar-refractivity contribution in [1.82, 2.24) is 5.32 Å². The zero-order valence-electron chi connectivity index (χ0n) is 11.3. The van der Waals surface area contributed by atoms with Gasteiger partial charge in [0.2, 0.25) is 0 Å². The molecule has 1 aliphatic rings. The van der Waals surface area contributed by atoms with E-state index in [1.807, 2.05) is 19.2 Å². The topological polar surface area (TPSA) is 55.2 Å². The first-order valence-corrected chi connectivity index (χ1v) is 6.74. The quantitative estimate of drug-likeness (QED) is 0.685. The van der Waals surface area contributed by atoms with Crippen molar-refractivity contribution < 1.29 is 4.92 Å². The molecule has 0 saturated carbocycles. The summed E-state index contributed by atoms with van der Waals surface area (Å²) in [6.45, 7) is 0. The SMILES string of the molecule is CNC1CCc2c(-c3cccc([N+](=O)[O-])c3)cccc21. The van der Waals surface area contributed by atoms with Gasteiger partial charge in [-0.1, -0.05) is 30.3 Å². The number of rotatable bonds is 3. The summed E-state index contributed by atoms with van der Waals surface area (Å²) < 4.78 is 0. The molecule has 0 radical (unpaired) electrons. The molecule has 3 rings (SSSR count). The summed E-state index contributed by atoms with van der Waals surface area (Å²) in [5.41, 5.74) is 4.81. The molecule has 102 valence electrons. The van der Waals surface area contributed by atoms with Crippen molar-refractivity contribution in [2.45, 2.75) is 18.9 Å². The Morgan fingerprint density at radius 3 is 2.80 bits per heavy atom. The molecule has 4 nitrogen and oxygen atoms in total. The Bertz CT molecular complexity index is 667. The molecule has 0 fully saturated rings. The lowest BCUT2D eigenvalue weighted by molar-refractivity contribution is -0.384. The number of nitrogens with zero attached hydrogens (tertiary/aromatic N) is 1. The molecule has 0 aromatic heterocycles. The Labute approximate surface area is 117 Å². The fourth-order valence-corrected chi connectivity index (χ4v) is 3.01. The van der Waals surface area contributed by atoms with Gasteiger partial charge in [-0.05, 0) is 42.1 Å². The fraction of sp³-hybridized carbons (Fsp3) is 0.250. The number of nitrogens with one attached hydrogen (secondary N) is 1. The average Bonchev–Trinajstić information content (AvgIpc) is 2.90. The normalized spacial score (nSPS) is 16.9. The van der Waals surface area contributed by atoms with Gasteiger partial charge in [-0.3, -0.25) is 10.1 Å². The first-order valence-electron chi connectivity index (χ1n) is 6.74. The lowest BCUT2D eigenvalue weighted by Crippen LogP contribution is -2.12. The van der Waals surface area contributed by atoms with Crippen LogP contribution in [0.2, 0.25) is 0 Å². The highest BCUT2D eigenvalue weighted by molar-refractivity contribution is 5.71. The Balaban J connectivity index is 2.10. The highest BCUT2D eigenvalue weighted by atomic mass is 16.6. The van der Waals surface area contributed by atoms with Crippen molar-refractivity contribution in [3.05, 3.63) is 63.7 Å². The molecule has 0 amide bonds. The van der Waals surface area contributed by atoms with Crippen LogP contribution in [-0.2, 0) is 6.42 Å². The minimum atomic E-state index is -0.344. The van der Waals surface area contributed by atoms with Gasteiger partial charge in [0.05, 0.1) is 4.92 Å². The van der Waals surface area contributed by atoms with Crippen LogP contribution in [0.3, 0.4) is 0 Å². The zero-order chi connectivity index (χ0) is 14.1. The van der Waals surface area contributed by atoms with Crippen LogP contribution in [0.1, 0.15) is 23.6 Å². The van der Waals surface area contributed by atoms with Gasteiger partial charge in [-0.15, -0.1) is 0 Å². The van der Waals surface area contributed by atoms with E-state index in [2.05, 4.69) is 17.4 Å². The van der Waals surface area contributed by atoms with Crippen LogP contribution >= 0.6 is 0 Å². The van der Waals surface area contributed by atoms with Gasteiger partial charge in [-0.25, -0.2) is 0 Å². The van der Waals surface area contributed by atoms with Gasteiger partial charge < -0.3 is 5.32 Å². The van der Waals surface area contributed by atoms with Crippen LogP contribution in [-0.4, -0.2) is 12.0 Å². The highest BCUT2D eigenvalue weighted by Crippen LogP contribution is 2.38. The summed E-state index contributed by atoms with van der Waals surface area (Å²) in [7, 11) is 1.97. The minimum absolute atomic E-state index is 0.142. The van der Waals surface area contributed by atoms with E-state index in [1.54, 1.807) is 12.1 Å². The number of benzene rings is 2. The van der Waals surface area contributed by atoms with Crippen LogP contribution in [0, 0.1) is 10.1 Å². The Hall–Kier alpha value is -2.20. The molecule has 0 bridgehead atoms. The predicted molar refractivity (Wildman–Crippen MR) is 78.7 cm³/mol. The maximum absolute atomic E-state index is 10.9. The number of hydrogen-bond donors (Lipinski definition) is 1. The molecule has 2 aromatic rings. The number of non-ortho nitro benzene ring substituents is 1. The van der Waals surface area contributed by atoms with E-state index in [-0.39, 0.29) is 10.6 Å². The summed E-state index contributed by atoms with van der Waals surface area (Å²) >= 11 is 0. The van der Waals surface area contributed by atoms with E-state index >= 15 is 0 Å². The predicted octanol–water partition coefficient (Wildman–Crippen LogP) is 3.47. The van der Waals surface area contributed by atoms with Crippen LogP contribution in [0.5, 0.6) is 0 Å². The molecule has 1 N–H and O–H groups in total. The molecule has 2 aromatic carbocycles. The summed E-state index contributed by atoms with van der Waals surface area (Å²) in [6, 6.07) is 13.5. The molecule has 1 aliphatic carbocycles. The van der Waals surface area contributed by atoms with E-state index in [1.165, 1.54) is 17.2 Å². The molecule has 0 aliphatic heterocycles. The third-order valence-corrected chi connectivity index (χ3v) is 3.99. The largest absolute Gasteiger partial charge is 0.313 e. The van der Waals surface area contributed by atoms with E-state index in [0.717, 1.165) is 24.0 Å². The Kier molecular flexibility index (Phi) is 3.24. The second-order valence-electron chi connectivity index (χ2n) is 5.06. The lowest BCUT2D eigenvalue weighted by Gasteiger charge is -2.12. The molecule has 20 heavy (non-hydrogen) atoms. The molecular formula is C16H16N2O2. The summed E-state index contributed by atoms with van der Waals surface area (Å²) in [4.78, 5) is 10.6. The van der Waals surface area contributed by atoms with Crippen LogP contribution in [0.15, 0.2) is 42.5 Å². The smallest absolute Gasteiger partial charge is 0.270 e. The van der Waals surface area contributed by atoms with Gasteiger partial charge in [0.25, 0.3) is 5.69 Å². The van der Waals surface area contributed by atoms with Crippen molar-refractivity contribution in [1.29, 1.82) is 0 Å². The van der Waals surface area contributed by atoms with E-state index in [0.29, 0.717) is 6.04 Å². The number of nitro groups is 1. The van der Waals surface area contributed by atoms with Crippen molar-refractivity contribution >= 4 is 5.69 Å². The summed E-state index contributed by atoms with van der Waals surface area (Å²) in [6.07, 6.45) is 2.09. The molecule has 1 atom stereocenters. The van der Waals surface area contributed by atoms with Crippen molar-refractivity contribution in [2.24, 2.45) is 0 Å². The molecule has 0 spiro atoms. The van der Waals surface area contributed by atoms with Crippen molar-refractivity contribution in [2.75, 3.05) is 7.05 Å². The summed E-state index contributed by atoms with van der Waals surface area (Å²) in [5, 5.41) is 14.2. The Morgan fingerprint density at radius 2 is 2.05 bits per heavy atom. The van der Waals surface area contributed by atoms with Gasteiger partial charge in [0.1, 0.15) is 0 Å². The first-order chi connectivity index (χ1) is 9.70. The Morgan fingerprint density at radius 1 is 1.25 bits per heavy atom. The van der Waals surface area contributed by atoms with Crippen molar-refractivity contribution in [3.63, 3.8) is 0 Å². The number of fused-ring (bicyclic) bond motifs is 1. The van der Waals surface area contributed by atoms with E-state index < -0.39 is 0 Å². The van der Waals surface area contributed by atoms with Gasteiger partial charge in [0.15, 0.2) is 0 Å². The number of hydrogen-bond acceptors (Lipinski definition) is 3. The minimum Gasteiger partial charge on any atom is -0.313 e. The van der Waals surface area contributed by atoms with Crippen LogP contribution < -0.4 is 5.32 Å². The monoisotopic (exact) mass is 268 g/mol. The average molecular weight is 268 g/mol. The maximum atomic E-state index is 10.9. The highest BCUT2D eigenvalue weighted by Gasteiger charge is 2.23. The zero-order valence-corrected chi connectivity index (χ0v) is 11.3. The third kappa shape index (κ3) is 2.08. The van der Waals surface area contributed by atoms with Gasteiger partial charge in [-0.2, -0.15) is 0 Å². The fourth-order valence-electron chi connectivity index (χ4n) is 3.01.